The van der Waals surface area contributed by atoms with Gasteiger partial charge in [-0.1, -0.05) is 12.8 Å². The number of hydrogen-bond donors (Lipinski definition) is 5. The van der Waals surface area contributed by atoms with Crippen molar-refractivity contribution >= 4 is 48.4 Å². The topological polar surface area (TPSA) is 243 Å². The van der Waals surface area contributed by atoms with Gasteiger partial charge in [-0.2, -0.15) is 15.1 Å². The standard InChI is InChI=1S/C26H39ClN5O13P/c1-13(2)43-24(35)40-11-26(46(37,38)39,12-41-25(36)44-14(3)4)42-10-17-18(33)19(34)22(45-17)32-21-16(9-28-32)20(30-23(27)31-21)29-15-7-5-6-8-15/h9,13-15,17-19,22,33-34H,5-8,10-12H2,1-4H3,(H,29,30,31)(H2,37,38,39)/t17-,18-,19-,22-/m1/s1. The molecule has 2 fully saturated rings. The van der Waals surface area contributed by atoms with Crippen molar-refractivity contribution < 1.29 is 62.6 Å². The van der Waals surface area contributed by atoms with Gasteiger partial charge in [0.2, 0.25) is 10.6 Å². The van der Waals surface area contributed by atoms with Crippen LogP contribution in [-0.2, 0) is 33.0 Å². The van der Waals surface area contributed by atoms with E-state index in [1.54, 1.807) is 0 Å². The fourth-order valence-corrected chi connectivity index (χ4v) is 5.81. The Bertz CT molecular complexity index is 1390. The smallest absolute Gasteiger partial charge is 0.432 e. The van der Waals surface area contributed by atoms with Gasteiger partial charge in [-0.3, -0.25) is 4.57 Å². The van der Waals surface area contributed by atoms with Crippen LogP contribution in [0.5, 0.6) is 0 Å². The Morgan fingerprint density at radius 3 is 2.20 bits per heavy atom. The van der Waals surface area contributed by atoms with Gasteiger partial charge in [0.15, 0.2) is 11.9 Å². The second-order valence-electron chi connectivity index (χ2n) is 11.6. The maximum Gasteiger partial charge on any atom is 0.508 e. The minimum Gasteiger partial charge on any atom is -0.432 e. The maximum atomic E-state index is 12.8. The summed E-state index contributed by atoms with van der Waals surface area (Å²) in [5, 5.41) is 27.0. The highest BCUT2D eigenvalue weighted by Gasteiger charge is 2.54. The molecule has 0 unspecified atom stereocenters. The van der Waals surface area contributed by atoms with E-state index in [0.29, 0.717) is 11.2 Å². The van der Waals surface area contributed by atoms with Crippen LogP contribution in [0.1, 0.15) is 59.6 Å². The first-order chi connectivity index (χ1) is 21.6. The van der Waals surface area contributed by atoms with Crippen LogP contribution in [0.2, 0.25) is 5.28 Å². The molecule has 0 radical (unpaired) electrons. The first kappa shape index (κ1) is 36.0. The van der Waals surface area contributed by atoms with Gasteiger partial charge < -0.3 is 53.7 Å². The van der Waals surface area contributed by atoms with Crippen LogP contribution >= 0.6 is 19.2 Å². The molecule has 0 amide bonds. The quantitative estimate of drug-likeness (QED) is 0.115. The molecule has 0 bridgehead atoms. The van der Waals surface area contributed by atoms with E-state index in [2.05, 4.69) is 20.4 Å². The molecule has 18 nitrogen and oxygen atoms in total. The average molecular weight is 696 g/mol. The molecule has 2 aromatic heterocycles. The lowest BCUT2D eigenvalue weighted by Crippen LogP contribution is -2.47. The van der Waals surface area contributed by atoms with Crippen molar-refractivity contribution in [3.8, 4) is 0 Å². The molecule has 1 saturated heterocycles. The van der Waals surface area contributed by atoms with Crippen LogP contribution in [0.25, 0.3) is 11.0 Å². The number of ether oxygens (including phenoxy) is 6. The van der Waals surface area contributed by atoms with Crippen molar-refractivity contribution in [2.24, 2.45) is 0 Å². The number of fused-ring (bicyclic) bond motifs is 1. The Hall–Kier alpha value is -2.83. The van der Waals surface area contributed by atoms with Crippen LogP contribution in [-0.4, -0.2) is 114 Å². The van der Waals surface area contributed by atoms with Crippen molar-refractivity contribution in [2.45, 2.75) is 102 Å². The number of carbonyl (C=O) groups is 2. The fraction of sp³-hybridized carbons (Fsp3) is 0.731. The highest BCUT2D eigenvalue weighted by Crippen LogP contribution is 2.52. The van der Waals surface area contributed by atoms with Gasteiger partial charge in [-0.15, -0.1) is 0 Å². The van der Waals surface area contributed by atoms with E-state index >= 15 is 0 Å². The average Bonchev–Trinajstić information content (AvgIpc) is 3.68. The van der Waals surface area contributed by atoms with Crippen LogP contribution in [0.3, 0.4) is 0 Å². The van der Waals surface area contributed by atoms with Crippen molar-refractivity contribution in [3.63, 3.8) is 0 Å². The lowest BCUT2D eigenvalue weighted by Gasteiger charge is -2.33. The number of carbonyl (C=O) groups excluding carboxylic acids is 2. The molecule has 2 aliphatic rings. The normalized spacial score (nSPS) is 22.5. The van der Waals surface area contributed by atoms with Crippen molar-refractivity contribution in [1.29, 1.82) is 0 Å². The first-order valence-corrected chi connectivity index (χ1v) is 16.6. The molecule has 0 spiro atoms. The summed E-state index contributed by atoms with van der Waals surface area (Å²) >= 11 is 6.20. The van der Waals surface area contributed by atoms with E-state index in [-0.39, 0.29) is 17.0 Å². The van der Waals surface area contributed by atoms with E-state index in [1.807, 2.05) is 0 Å². The molecule has 46 heavy (non-hydrogen) atoms. The molecule has 1 saturated carbocycles. The Balaban J connectivity index is 1.55. The lowest BCUT2D eigenvalue weighted by atomic mass is 10.1. The Labute approximate surface area is 268 Å². The second-order valence-corrected chi connectivity index (χ2v) is 13.8. The Kier molecular flexibility index (Phi) is 11.7. The summed E-state index contributed by atoms with van der Waals surface area (Å²) in [5.74, 6) is 0.444. The monoisotopic (exact) mass is 695 g/mol. The molecule has 20 heteroatoms. The molecule has 1 aliphatic carbocycles. The first-order valence-electron chi connectivity index (χ1n) is 14.7. The zero-order valence-corrected chi connectivity index (χ0v) is 27.3. The third-order valence-electron chi connectivity index (χ3n) is 7.24. The minimum atomic E-state index is -5.44. The molecule has 258 valence electrons. The molecular formula is C26H39ClN5O13P. The number of anilines is 1. The Morgan fingerprint density at radius 1 is 1.07 bits per heavy atom. The number of hydrogen-bond acceptors (Lipinski definition) is 15. The van der Waals surface area contributed by atoms with Crippen LogP contribution < -0.4 is 5.32 Å². The summed E-state index contributed by atoms with van der Waals surface area (Å²) in [6.07, 6.45) is -4.30. The summed E-state index contributed by atoms with van der Waals surface area (Å²) < 4.78 is 44.9. The third-order valence-corrected chi connectivity index (χ3v) is 8.86. The predicted octanol–water partition coefficient (Wildman–Crippen LogP) is 2.47. The summed E-state index contributed by atoms with van der Waals surface area (Å²) in [6, 6.07) is 0.191. The fourth-order valence-electron chi connectivity index (χ4n) is 4.94. The molecule has 1 aliphatic heterocycles. The lowest BCUT2D eigenvalue weighted by molar-refractivity contribution is -0.130. The number of aliphatic hydroxyl groups is 2. The van der Waals surface area contributed by atoms with Crippen molar-refractivity contribution in [1.82, 2.24) is 19.7 Å². The van der Waals surface area contributed by atoms with Crippen molar-refractivity contribution in [2.75, 3.05) is 25.1 Å². The number of halogens is 1. The van der Waals surface area contributed by atoms with Crippen LogP contribution in [0.15, 0.2) is 6.20 Å². The highest BCUT2D eigenvalue weighted by molar-refractivity contribution is 7.53. The number of aliphatic hydroxyl groups excluding tert-OH is 2. The van der Waals surface area contributed by atoms with Gasteiger partial charge in [0.05, 0.1) is 30.4 Å². The summed E-state index contributed by atoms with van der Waals surface area (Å²) in [6.45, 7) is 3.04. The van der Waals surface area contributed by atoms with E-state index < -0.39 is 81.8 Å². The van der Waals surface area contributed by atoms with E-state index in [1.165, 1.54) is 38.6 Å². The SMILES string of the molecule is CC(C)OC(=O)OCC(COC(=O)OC(C)C)(OC[C@H]1O[C@@H](n2ncc3c(NC4CCCC4)nc(Cl)nc32)[C@H](O)[C@@H]1O)P(=O)(O)O. The Morgan fingerprint density at radius 2 is 1.65 bits per heavy atom. The number of rotatable bonds is 13. The van der Waals surface area contributed by atoms with Gasteiger partial charge in [0.25, 0.3) is 0 Å². The van der Waals surface area contributed by atoms with Gasteiger partial charge in [0, 0.05) is 6.04 Å². The van der Waals surface area contributed by atoms with Crippen LogP contribution in [0, 0.1) is 0 Å². The number of nitrogens with one attached hydrogen (secondary N) is 1. The van der Waals surface area contributed by atoms with E-state index in [0.717, 1.165) is 25.7 Å². The maximum absolute atomic E-state index is 12.8. The van der Waals surface area contributed by atoms with Crippen molar-refractivity contribution in [3.05, 3.63) is 11.5 Å². The zero-order valence-electron chi connectivity index (χ0n) is 25.6. The van der Waals surface area contributed by atoms with E-state index in [4.69, 9.17) is 40.0 Å². The molecule has 0 aromatic carbocycles. The van der Waals surface area contributed by atoms with Gasteiger partial charge in [0.1, 0.15) is 37.3 Å². The van der Waals surface area contributed by atoms with E-state index in [9.17, 15) is 34.2 Å². The summed E-state index contributed by atoms with van der Waals surface area (Å²) in [7, 11) is -5.44. The van der Waals surface area contributed by atoms with Gasteiger partial charge >= 0.3 is 19.9 Å². The summed E-state index contributed by atoms with van der Waals surface area (Å²) in [4.78, 5) is 53.3. The molecule has 3 heterocycles. The molecule has 4 atom stereocenters. The largest absolute Gasteiger partial charge is 0.508 e. The third kappa shape index (κ3) is 8.55. The van der Waals surface area contributed by atoms with Gasteiger partial charge in [-0.05, 0) is 52.1 Å². The zero-order chi connectivity index (χ0) is 33.8. The highest BCUT2D eigenvalue weighted by atomic mass is 35.5. The minimum absolute atomic E-state index is 0.0962. The number of nitrogens with zero attached hydrogens (tertiary/aromatic N) is 4. The second kappa shape index (κ2) is 14.9. The van der Waals surface area contributed by atoms with Gasteiger partial charge in [-0.25, -0.2) is 14.3 Å². The molecule has 5 N–H and O–H groups in total. The molecule has 2 aromatic rings. The summed E-state index contributed by atoms with van der Waals surface area (Å²) in [5.41, 5.74) is 0.192. The number of aromatic nitrogens is 4. The predicted molar refractivity (Wildman–Crippen MR) is 158 cm³/mol. The van der Waals surface area contributed by atoms with Crippen LogP contribution in [0.4, 0.5) is 15.4 Å². The molecule has 4 rings (SSSR count). The molecular weight excluding hydrogens is 657 g/mol.